The van der Waals surface area contributed by atoms with E-state index in [4.69, 9.17) is 0 Å². The summed E-state index contributed by atoms with van der Waals surface area (Å²) in [6.07, 6.45) is 6.84. The average Bonchev–Trinajstić information content (AvgIpc) is 2.62. The third-order valence-electron chi connectivity index (χ3n) is 5.26. The van der Waals surface area contributed by atoms with Crippen molar-refractivity contribution in [2.24, 2.45) is 5.92 Å². The van der Waals surface area contributed by atoms with Gasteiger partial charge in [-0.3, -0.25) is 4.79 Å². The maximum absolute atomic E-state index is 13.8. The Kier molecular flexibility index (Phi) is 5.34. The van der Waals surface area contributed by atoms with Crippen molar-refractivity contribution in [2.75, 3.05) is 31.1 Å². The number of carbonyl (C=O) groups is 1. The van der Waals surface area contributed by atoms with E-state index in [-0.39, 0.29) is 11.5 Å². The van der Waals surface area contributed by atoms with Gasteiger partial charge in [0.1, 0.15) is 17.4 Å². The Morgan fingerprint density at radius 2 is 1.88 bits per heavy atom. The molecule has 0 radical (unpaired) electrons. The first-order valence-electron chi connectivity index (χ1n) is 8.90. The lowest BCUT2D eigenvalue weighted by Gasteiger charge is -2.37. The van der Waals surface area contributed by atoms with Gasteiger partial charge in [0.15, 0.2) is 0 Å². The van der Waals surface area contributed by atoms with Gasteiger partial charge in [-0.15, -0.1) is 0 Å². The second-order valence-corrected chi connectivity index (χ2v) is 6.82. The predicted octanol–water partition coefficient (Wildman–Crippen LogP) is 3.32. The summed E-state index contributed by atoms with van der Waals surface area (Å²) in [5.41, 5.74) is 0.733. The van der Waals surface area contributed by atoms with Gasteiger partial charge in [-0.1, -0.05) is 25.3 Å². The molecule has 0 unspecified atom stereocenters. The SMILES string of the molecule is N#Cc1c(F)cccc1N1CCN(C(=O)CC2CCCCC2)CC1. The van der Waals surface area contributed by atoms with E-state index < -0.39 is 5.82 Å². The van der Waals surface area contributed by atoms with Crippen LogP contribution < -0.4 is 4.90 Å². The quantitative estimate of drug-likeness (QED) is 0.855. The maximum atomic E-state index is 13.8. The van der Waals surface area contributed by atoms with Crippen LogP contribution in [0.25, 0.3) is 0 Å². The summed E-state index contributed by atoms with van der Waals surface area (Å²) in [4.78, 5) is 16.4. The van der Waals surface area contributed by atoms with Crippen LogP contribution in [0.4, 0.5) is 10.1 Å². The first-order valence-corrected chi connectivity index (χ1v) is 8.90. The van der Waals surface area contributed by atoms with Gasteiger partial charge in [0.25, 0.3) is 0 Å². The summed E-state index contributed by atoms with van der Waals surface area (Å²) in [6.45, 7) is 2.59. The number of nitrogens with zero attached hydrogens (tertiary/aromatic N) is 3. The topological polar surface area (TPSA) is 47.3 Å². The lowest BCUT2D eigenvalue weighted by molar-refractivity contribution is -0.132. The number of benzene rings is 1. The smallest absolute Gasteiger partial charge is 0.222 e. The fourth-order valence-electron chi connectivity index (χ4n) is 3.85. The van der Waals surface area contributed by atoms with Crippen molar-refractivity contribution in [1.82, 2.24) is 4.90 Å². The molecule has 1 saturated carbocycles. The zero-order chi connectivity index (χ0) is 16.9. The Balaban J connectivity index is 1.57. The summed E-state index contributed by atoms with van der Waals surface area (Å²) in [5, 5.41) is 9.17. The van der Waals surface area contributed by atoms with Gasteiger partial charge in [0, 0.05) is 32.6 Å². The number of rotatable bonds is 3. The van der Waals surface area contributed by atoms with Crippen LogP contribution >= 0.6 is 0 Å². The lowest BCUT2D eigenvalue weighted by Crippen LogP contribution is -2.49. The maximum Gasteiger partial charge on any atom is 0.222 e. The first kappa shape index (κ1) is 16.8. The fourth-order valence-corrected chi connectivity index (χ4v) is 3.85. The monoisotopic (exact) mass is 329 g/mol. The van der Waals surface area contributed by atoms with Crippen molar-refractivity contribution in [2.45, 2.75) is 38.5 Å². The number of hydrogen-bond donors (Lipinski definition) is 0. The van der Waals surface area contributed by atoms with E-state index in [0.717, 1.165) is 0 Å². The van der Waals surface area contributed by atoms with Crippen LogP contribution in [0.15, 0.2) is 18.2 Å². The van der Waals surface area contributed by atoms with E-state index in [1.165, 1.54) is 38.2 Å². The van der Waals surface area contributed by atoms with Crippen LogP contribution in [0.2, 0.25) is 0 Å². The molecule has 1 saturated heterocycles. The van der Waals surface area contributed by atoms with Crippen LogP contribution in [-0.2, 0) is 4.79 Å². The normalized spacial score (nSPS) is 19.2. The van der Waals surface area contributed by atoms with Crippen LogP contribution in [0.5, 0.6) is 0 Å². The van der Waals surface area contributed by atoms with Crippen molar-refractivity contribution >= 4 is 11.6 Å². The molecule has 1 heterocycles. The molecule has 2 fully saturated rings. The summed E-state index contributed by atoms with van der Waals surface area (Å²) in [7, 11) is 0. The number of carbonyl (C=O) groups excluding carboxylic acids is 1. The molecule has 1 amide bonds. The Morgan fingerprint density at radius 3 is 2.54 bits per heavy atom. The van der Waals surface area contributed by atoms with Gasteiger partial charge in [0.05, 0.1) is 5.69 Å². The molecule has 2 aliphatic rings. The molecule has 0 atom stereocenters. The molecule has 1 aliphatic heterocycles. The molecule has 128 valence electrons. The van der Waals surface area contributed by atoms with Crippen LogP contribution in [0, 0.1) is 23.1 Å². The molecule has 0 N–H and O–H groups in total. The minimum atomic E-state index is -0.481. The van der Waals surface area contributed by atoms with Crippen molar-refractivity contribution in [3.05, 3.63) is 29.6 Å². The molecule has 1 aromatic rings. The van der Waals surface area contributed by atoms with E-state index in [1.807, 2.05) is 15.9 Å². The van der Waals surface area contributed by atoms with Crippen LogP contribution in [0.3, 0.4) is 0 Å². The molecule has 3 rings (SSSR count). The molecule has 1 aliphatic carbocycles. The molecule has 0 spiro atoms. The largest absolute Gasteiger partial charge is 0.367 e. The minimum Gasteiger partial charge on any atom is -0.367 e. The summed E-state index contributed by atoms with van der Waals surface area (Å²) >= 11 is 0. The lowest BCUT2D eigenvalue weighted by atomic mass is 9.86. The Bertz CT molecular complexity index is 626. The number of hydrogen-bond acceptors (Lipinski definition) is 3. The summed E-state index contributed by atoms with van der Waals surface area (Å²) in [6, 6.07) is 6.67. The molecule has 4 nitrogen and oxygen atoms in total. The highest BCUT2D eigenvalue weighted by atomic mass is 19.1. The molecular weight excluding hydrogens is 305 g/mol. The van der Waals surface area contributed by atoms with E-state index in [1.54, 1.807) is 12.1 Å². The summed E-state index contributed by atoms with van der Waals surface area (Å²) in [5.74, 6) is 0.324. The van der Waals surface area contributed by atoms with Gasteiger partial charge in [0.2, 0.25) is 5.91 Å². The third-order valence-corrected chi connectivity index (χ3v) is 5.26. The zero-order valence-corrected chi connectivity index (χ0v) is 14.0. The van der Waals surface area contributed by atoms with E-state index >= 15 is 0 Å². The minimum absolute atomic E-state index is 0.0967. The number of anilines is 1. The predicted molar refractivity (Wildman–Crippen MR) is 91.1 cm³/mol. The molecule has 1 aromatic carbocycles. The van der Waals surface area contributed by atoms with Gasteiger partial charge < -0.3 is 9.80 Å². The third kappa shape index (κ3) is 3.69. The van der Waals surface area contributed by atoms with Crippen LogP contribution in [0.1, 0.15) is 44.1 Å². The number of piperazine rings is 1. The van der Waals surface area contributed by atoms with Crippen molar-refractivity contribution < 1.29 is 9.18 Å². The number of halogens is 1. The Hall–Kier alpha value is -2.09. The summed E-state index contributed by atoms with van der Waals surface area (Å²) < 4.78 is 13.8. The van der Waals surface area contributed by atoms with Crippen molar-refractivity contribution in [3.63, 3.8) is 0 Å². The van der Waals surface area contributed by atoms with Gasteiger partial charge >= 0.3 is 0 Å². The molecular formula is C19H24FN3O. The number of nitriles is 1. The number of amides is 1. The Morgan fingerprint density at radius 1 is 1.17 bits per heavy atom. The van der Waals surface area contributed by atoms with E-state index in [2.05, 4.69) is 0 Å². The van der Waals surface area contributed by atoms with E-state index in [9.17, 15) is 14.4 Å². The first-order chi connectivity index (χ1) is 11.7. The molecule has 0 bridgehead atoms. The highest BCUT2D eigenvalue weighted by Crippen LogP contribution is 2.28. The van der Waals surface area contributed by atoms with Crippen LogP contribution in [-0.4, -0.2) is 37.0 Å². The molecule has 24 heavy (non-hydrogen) atoms. The molecule has 5 heteroatoms. The van der Waals surface area contributed by atoms with Gasteiger partial charge in [-0.2, -0.15) is 5.26 Å². The second-order valence-electron chi connectivity index (χ2n) is 6.82. The zero-order valence-electron chi connectivity index (χ0n) is 14.0. The highest BCUT2D eigenvalue weighted by Gasteiger charge is 2.25. The fraction of sp³-hybridized carbons (Fsp3) is 0.579. The average molecular weight is 329 g/mol. The standard InChI is InChI=1S/C19H24FN3O/c20-17-7-4-8-18(16(17)14-21)22-9-11-23(12-10-22)19(24)13-15-5-2-1-3-6-15/h4,7-8,15H,1-3,5-6,9-13H2. The highest BCUT2D eigenvalue weighted by molar-refractivity contribution is 5.77. The van der Waals surface area contributed by atoms with E-state index in [0.29, 0.717) is 44.2 Å². The second kappa shape index (κ2) is 7.65. The molecule has 0 aromatic heterocycles. The van der Waals surface area contributed by atoms with Gasteiger partial charge in [-0.25, -0.2) is 4.39 Å². The van der Waals surface area contributed by atoms with Crippen molar-refractivity contribution in [1.29, 1.82) is 5.26 Å². The Labute approximate surface area is 142 Å². The van der Waals surface area contributed by atoms with Gasteiger partial charge in [-0.05, 0) is 30.9 Å². The van der Waals surface area contributed by atoms with Crippen molar-refractivity contribution in [3.8, 4) is 6.07 Å².